The Morgan fingerprint density at radius 1 is 0.900 bits per heavy atom. The molecule has 0 atom stereocenters. The van der Waals surface area contributed by atoms with Gasteiger partial charge in [-0.1, -0.05) is 18.2 Å². The van der Waals surface area contributed by atoms with Gasteiger partial charge < -0.3 is 0 Å². The van der Waals surface area contributed by atoms with Crippen LogP contribution in [-0.2, 0) is 0 Å². The third-order valence-corrected chi connectivity index (χ3v) is 5.86. The first-order valence-electron chi connectivity index (χ1n) is 6.34. The normalized spacial score (nSPS) is 12.0. The maximum atomic E-state index is 4.66. The molecule has 4 heterocycles. The molecule has 0 aliphatic carbocycles. The van der Waals surface area contributed by atoms with Crippen molar-refractivity contribution in [2.24, 2.45) is 0 Å². The van der Waals surface area contributed by atoms with E-state index in [4.69, 9.17) is 0 Å². The van der Waals surface area contributed by atoms with Gasteiger partial charge in [-0.25, -0.2) is 0 Å². The van der Waals surface area contributed by atoms with E-state index in [1.165, 1.54) is 24.9 Å². The first-order valence-corrected chi connectivity index (χ1v) is 8.03. The summed E-state index contributed by atoms with van der Waals surface area (Å²) in [7, 11) is 0. The molecule has 2 nitrogen and oxygen atoms in total. The second-order valence-corrected chi connectivity index (χ2v) is 6.98. The van der Waals surface area contributed by atoms with Crippen molar-refractivity contribution in [3.63, 3.8) is 0 Å². The van der Waals surface area contributed by atoms with Crippen LogP contribution in [0.3, 0.4) is 0 Å². The lowest BCUT2D eigenvalue weighted by Crippen LogP contribution is -1.84. The van der Waals surface area contributed by atoms with Crippen LogP contribution in [0.15, 0.2) is 48.1 Å². The average Bonchev–Trinajstić information content (AvgIpc) is 3.06. The summed E-state index contributed by atoms with van der Waals surface area (Å²) in [4.78, 5) is 9.18. The topological polar surface area (TPSA) is 25.8 Å². The molecule has 0 amide bonds. The minimum Gasteiger partial charge on any atom is -0.254 e. The van der Waals surface area contributed by atoms with Crippen LogP contribution in [0, 0.1) is 0 Å². The van der Waals surface area contributed by atoms with Gasteiger partial charge in [-0.3, -0.25) is 9.97 Å². The van der Waals surface area contributed by atoms with Crippen LogP contribution in [0.25, 0.3) is 41.3 Å². The Kier molecular flexibility index (Phi) is 2.01. The largest absolute Gasteiger partial charge is 0.254 e. The summed E-state index contributed by atoms with van der Waals surface area (Å²) in [5.41, 5.74) is 1.99. The van der Waals surface area contributed by atoms with Crippen molar-refractivity contribution in [3.8, 4) is 0 Å². The zero-order chi connectivity index (χ0) is 13.1. The van der Waals surface area contributed by atoms with Crippen LogP contribution >= 0.6 is 22.7 Å². The fourth-order valence-electron chi connectivity index (χ4n) is 2.80. The molecule has 4 aromatic heterocycles. The van der Waals surface area contributed by atoms with Crippen molar-refractivity contribution in [2.45, 2.75) is 0 Å². The van der Waals surface area contributed by atoms with Gasteiger partial charge in [0.05, 0.1) is 19.7 Å². The predicted octanol–water partition coefficient (Wildman–Crippen LogP) is 5.21. The number of thiophene rings is 2. The van der Waals surface area contributed by atoms with E-state index in [2.05, 4.69) is 39.6 Å². The molecule has 4 heteroatoms. The first-order chi connectivity index (χ1) is 9.92. The van der Waals surface area contributed by atoms with Crippen molar-refractivity contribution in [1.82, 2.24) is 9.97 Å². The third-order valence-electron chi connectivity index (χ3n) is 3.68. The highest BCUT2D eigenvalue weighted by atomic mass is 32.2. The van der Waals surface area contributed by atoms with Gasteiger partial charge in [0, 0.05) is 33.9 Å². The Hall–Kier alpha value is -2.04. The van der Waals surface area contributed by atoms with E-state index < -0.39 is 0 Å². The number of nitrogens with zero attached hydrogens (tertiary/aromatic N) is 2. The minimum absolute atomic E-state index is 0.987. The zero-order valence-corrected chi connectivity index (χ0v) is 12.0. The SMILES string of the molecule is c1cnc2c(c1)ccc1c2ncc2sc3sccc3c21. The molecule has 0 unspecified atom stereocenters. The van der Waals surface area contributed by atoms with Crippen molar-refractivity contribution < 1.29 is 0 Å². The molecule has 20 heavy (non-hydrogen) atoms. The van der Waals surface area contributed by atoms with E-state index in [1.807, 2.05) is 29.8 Å². The molecular formula is C16H8N2S2. The molecule has 0 fully saturated rings. The molecule has 0 bridgehead atoms. The van der Waals surface area contributed by atoms with Crippen molar-refractivity contribution in [3.05, 3.63) is 48.1 Å². The zero-order valence-electron chi connectivity index (χ0n) is 10.3. The number of rotatable bonds is 0. The Bertz CT molecular complexity index is 1100. The highest BCUT2D eigenvalue weighted by Gasteiger charge is 2.12. The molecule has 0 N–H and O–H groups in total. The molecule has 94 valence electrons. The van der Waals surface area contributed by atoms with Crippen LogP contribution in [0.4, 0.5) is 0 Å². The summed E-state index contributed by atoms with van der Waals surface area (Å²) in [6.07, 6.45) is 3.82. The first kappa shape index (κ1) is 10.7. The van der Waals surface area contributed by atoms with E-state index in [-0.39, 0.29) is 0 Å². The molecule has 0 radical (unpaired) electrons. The molecule has 5 aromatic rings. The quantitative estimate of drug-likeness (QED) is 0.366. The fraction of sp³-hybridized carbons (Fsp3) is 0. The summed E-state index contributed by atoms with van der Waals surface area (Å²) in [5, 5.41) is 7.18. The lowest BCUT2D eigenvalue weighted by Gasteiger charge is -2.03. The summed E-state index contributed by atoms with van der Waals surface area (Å²) >= 11 is 3.62. The third kappa shape index (κ3) is 1.27. The molecule has 1 aromatic carbocycles. The van der Waals surface area contributed by atoms with Gasteiger partial charge in [-0.2, -0.15) is 0 Å². The van der Waals surface area contributed by atoms with Crippen molar-refractivity contribution >= 4 is 64.0 Å². The van der Waals surface area contributed by atoms with Crippen LogP contribution in [-0.4, -0.2) is 9.97 Å². The second kappa shape index (κ2) is 3.75. The van der Waals surface area contributed by atoms with Gasteiger partial charge in [0.25, 0.3) is 0 Å². The van der Waals surface area contributed by atoms with Gasteiger partial charge in [0.2, 0.25) is 0 Å². The van der Waals surface area contributed by atoms with E-state index in [0.717, 1.165) is 16.4 Å². The number of fused-ring (bicyclic) bond motifs is 7. The minimum atomic E-state index is 0.987. The fourth-order valence-corrected chi connectivity index (χ4v) is 4.96. The smallest absolute Gasteiger partial charge is 0.0971 e. The van der Waals surface area contributed by atoms with Gasteiger partial charge >= 0.3 is 0 Å². The lowest BCUT2D eigenvalue weighted by atomic mass is 10.1. The van der Waals surface area contributed by atoms with Gasteiger partial charge in [0.1, 0.15) is 0 Å². The van der Waals surface area contributed by atoms with Crippen molar-refractivity contribution in [1.29, 1.82) is 0 Å². The van der Waals surface area contributed by atoms with E-state index in [9.17, 15) is 0 Å². The predicted molar refractivity (Wildman–Crippen MR) is 87.8 cm³/mol. The van der Waals surface area contributed by atoms with E-state index in [0.29, 0.717) is 0 Å². The van der Waals surface area contributed by atoms with Gasteiger partial charge in [0.15, 0.2) is 0 Å². The maximum Gasteiger partial charge on any atom is 0.0971 e. The Balaban J connectivity index is 2.13. The summed E-state index contributed by atoms with van der Waals surface area (Å²) in [6.45, 7) is 0. The molecule has 0 aliphatic rings. The van der Waals surface area contributed by atoms with Gasteiger partial charge in [-0.15, -0.1) is 22.7 Å². The Morgan fingerprint density at radius 2 is 1.90 bits per heavy atom. The molecule has 0 aliphatic heterocycles. The average molecular weight is 292 g/mol. The van der Waals surface area contributed by atoms with Crippen LogP contribution in [0.2, 0.25) is 0 Å². The van der Waals surface area contributed by atoms with Crippen LogP contribution in [0.1, 0.15) is 0 Å². The lowest BCUT2D eigenvalue weighted by molar-refractivity contribution is 1.39. The summed E-state index contributed by atoms with van der Waals surface area (Å²) in [6, 6.07) is 10.6. The standard InChI is InChI=1S/C16H8N2S2/c1-2-9-3-4-10-13-11-5-7-19-16(11)20-12(13)8-18-15(10)14(9)17-6-1/h1-8H. The monoisotopic (exact) mass is 292 g/mol. The molecule has 0 spiro atoms. The summed E-state index contributed by atoms with van der Waals surface area (Å²) in [5.74, 6) is 0. The molecule has 0 saturated carbocycles. The summed E-state index contributed by atoms with van der Waals surface area (Å²) < 4.78 is 2.63. The Morgan fingerprint density at radius 3 is 2.90 bits per heavy atom. The molecule has 5 rings (SSSR count). The highest BCUT2D eigenvalue weighted by molar-refractivity contribution is 7.41. The molecule has 0 saturated heterocycles. The number of hydrogen-bond donors (Lipinski definition) is 0. The van der Waals surface area contributed by atoms with Crippen molar-refractivity contribution in [2.75, 3.05) is 0 Å². The van der Waals surface area contributed by atoms with Gasteiger partial charge in [-0.05, 0) is 17.5 Å². The number of aromatic nitrogens is 2. The van der Waals surface area contributed by atoms with E-state index in [1.54, 1.807) is 11.3 Å². The van der Waals surface area contributed by atoms with E-state index >= 15 is 0 Å². The number of hydrogen-bond acceptors (Lipinski definition) is 4. The highest BCUT2D eigenvalue weighted by Crippen LogP contribution is 2.41. The number of benzene rings is 1. The van der Waals surface area contributed by atoms with Crippen LogP contribution in [0.5, 0.6) is 0 Å². The number of pyridine rings is 2. The molecular weight excluding hydrogens is 284 g/mol. The second-order valence-electron chi connectivity index (χ2n) is 4.76. The van der Waals surface area contributed by atoms with Crippen LogP contribution < -0.4 is 0 Å². The maximum absolute atomic E-state index is 4.66. The Labute approximate surface area is 122 Å².